The highest BCUT2D eigenvalue weighted by Crippen LogP contribution is 2.56. The summed E-state index contributed by atoms with van der Waals surface area (Å²) in [6.45, 7) is 6.05. The molecule has 0 N–H and O–H groups in total. The Kier molecular flexibility index (Phi) is 8.46. The molecule has 1 aliphatic heterocycles. The van der Waals surface area contributed by atoms with Crippen LogP contribution in [-0.2, 0) is 33.8 Å². The molecule has 10 heteroatoms. The van der Waals surface area contributed by atoms with Crippen molar-refractivity contribution in [3.63, 3.8) is 0 Å². The minimum atomic E-state index is -4.35. The van der Waals surface area contributed by atoms with E-state index < -0.39 is 45.4 Å². The van der Waals surface area contributed by atoms with Crippen molar-refractivity contribution >= 4 is 33.5 Å². The smallest absolute Gasteiger partial charge is 0.337 e. The van der Waals surface area contributed by atoms with E-state index in [4.69, 9.17) is 14.2 Å². The minimum absolute atomic E-state index is 0.0200. The third kappa shape index (κ3) is 5.16. The van der Waals surface area contributed by atoms with Crippen LogP contribution >= 0.6 is 0 Å². The van der Waals surface area contributed by atoms with E-state index in [1.54, 1.807) is 54.6 Å². The predicted molar refractivity (Wildman–Crippen MR) is 151 cm³/mol. The van der Waals surface area contributed by atoms with Gasteiger partial charge in [-0.3, -0.25) is 9.59 Å². The second-order valence-electron chi connectivity index (χ2n) is 9.73. The van der Waals surface area contributed by atoms with E-state index in [1.807, 2.05) is 6.92 Å². The molecular formula is C31H31NO8S. The SMILES string of the molecule is C=C(c1ccc(C(=O)OC)cc1)[C@H]1CC(C(=O)OC)(C(=O)OC)[C@@H](c2ccccc2)N1S(=O)(=O)c1ccc(C)cc1. The topological polar surface area (TPSA) is 116 Å². The van der Waals surface area contributed by atoms with E-state index in [1.165, 1.54) is 31.4 Å². The lowest BCUT2D eigenvalue weighted by Gasteiger charge is -2.34. The number of aryl methyl sites for hydroxylation is 1. The first-order chi connectivity index (χ1) is 19.5. The Morgan fingerprint density at radius 3 is 1.85 bits per heavy atom. The number of nitrogens with zero attached hydrogens (tertiary/aromatic N) is 1. The summed E-state index contributed by atoms with van der Waals surface area (Å²) in [6.07, 6.45) is -0.297. The van der Waals surface area contributed by atoms with Crippen molar-refractivity contribution in [1.82, 2.24) is 4.31 Å². The summed E-state index contributed by atoms with van der Waals surface area (Å²) in [5.41, 5.74) is 0.310. The molecule has 1 saturated heterocycles. The quantitative estimate of drug-likeness (QED) is 0.221. The van der Waals surface area contributed by atoms with Gasteiger partial charge < -0.3 is 14.2 Å². The van der Waals surface area contributed by atoms with Crippen LogP contribution in [-0.4, -0.2) is 58.0 Å². The molecule has 0 spiro atoms. The van der Waals surface area contributed by atoms with Crippen LogP contribution in [0.25, 0.3) is 5.57 Å². The van der Waals surface area contributed by atoms with Crippen LogP contribution in [0.4, 0.5) is 0 Å². The third-order valence-corrected chi connectivity index (χ3v) is 9.32. The van der Waals surface area contributed by atoms with Crippen LogP contribution < -0.4 is 0 Å². The van der Waals surface area contributed by atoms with Gasteiger partial charge in [0.15, 0.2) is 5.41 Å². The summed E-state index contributed by atoms with van der Waals surface area (Å²) < 4.78 is 45.2. The van der Waals surface area contributed by atoms with E-state index in [9.17, 15) is 22.8 Å². The number of hydrogen-bond donors (Lipinski definition) is 0. The van der Waals surface area contributed by atoms with E-state index in [0.717, 1.165) is 24.1 Å². The molecular weight excluding hydrogens is 546 g/mol. The molecule has 0 saturated carbocycles. The molecule has 0 radical (unpaired) electrons. The van der Waals surface area contributed by atoms with Crippen molar-refractivity contribution in [2.75, 3.05) is 21.3 Å². The molecule has 4 rings (SSSR count). The summed E-state index contributed by atoms with van der Waals surface area (Å²) in [5.74, 6) is -2.40. The zero-order chi connectivity index (χ0) is 29.9. The molecule has 3 aromatic carbocycles. The van der Waals surface area contributed by atoms with Crippen LogP contribution in [0, 0.1) is 12.3 Å². The fourth-order valence-electron chi connectivity index (χ4n) is 5.35. The Bertz CT molecular complexity index is 1550. The molecule has 0 aliphatic carbocycles. The zero-order valence-corrected chi connectivity index (χ0v) is 24.0. The van der Waals surface area contributed by atoms with Crippen molar-refractivity contribution in [2.24, 2.45) is 5.41 Å². The van der Waals surface area contributed by atoms with Crippen LogP contribution in [0.2, 0.25) is 0 Å². The Morgan fingerprint density at radius 2 is 1.34 bits per heavy atom. The monoisotopic (exact) mass is 577 g/mol. The van der Waals surface area contributed by atoms with Crippen LogP contribution in [0.1, 0.15) is 39.5 Å². The molecule has 9 nitrogen and oxygen atoms in total. The second kappa shape index (κ2) is 11.7. The molecule has 41 heavy (non-hydrogen) atoms. The fourth-order valence-corrected chi connectivity index (χ4v) is 7.19. The molecule has 1 heterocycles. The molecule has 0 aromatic heterocycles. The van der Waals surface area contributed by atoms with Crippen molar-refractivity contribution in [1.29, 1.82) is 0 Å². The second-order valence-corrected chi connectivity index (χ2v) is 11.6. The van der Waals surface area contributed by atoms with Gasteiger partial charge in [0.25, 0.3) is 0 Å². The highest BCUT2D eigenvalue weighted by molar-refractivity contribution is 7.89. The summed E-state index contributed by atoms with van der Waals surface area (Å²) in [7, 11) is -0.803. The van der Waals surface area contributed by atoms with Crippen LogP contribution in [0.5, 0.6) is 0 Å². The van der Waals surface area contributed by atoms with E-state index in [2.05, 4.69) is 6.58 Å². The number of rotatable bonds is 8. The van der Waals surface area contributed by atoms with Gasteiger partial charge in [-0.15, -0.1) is 0 Å². The average molecular weight is 578 g/mol. The molecule has 0 bridgehead atoms. The molecule has 1 fully saturated rings. The molecule has 0 unspecified atom stereocenters. The number of benzene rings is 3. The summed E-state index contributed by atoms with van der Waals surface area (Å²) in [4.78, 5) is 39.2. The number of methoxy groups -OCH3 is 3. The van der Waals surface area contributed by atoms with Crippen LogP contribution in [0.3, 0.4) is 0 Å². The standard InChI is InChI=1S/C31H31NO8S/c1-20-11-17-25(18-12-20)41(36,37)32-26(21(2)22-13-15-24(16-14-22)28(33)38-3)19-31(29(34)39-4,30(35)40-5)27(32)23-9-7-6-8-10-23/h6-18,26-27H,2,19H2,1,3-5H3/t26-,27-/m1/s1. The lowest BCUT2D eigenvalue weighted by molar-refractivity contribution is -0.170. The molecule has 1 aliphatic rings. The number of esters is 3. The van der Waals surface area contributed by atoms with Crippen molar-refractivity contribution in [3.8, 4) is 0 Å². The Labute approximate surface area is 239 Å². The van der Waals surface area contributed by atoms with Gasteiger partial charge in [-0.25, -0.2) is 13.2 Å². The predicted octanol–water partition coefficient (Wildman–Crippen LogP) is 4.33. The molecule has 2 atom stereocenters. The van der Waals surface area contributed by atoms with Gasteiger partial charge in [0, 0.05) is 0 Å². The number of carbonyl (C=O) groups is 3. The average Bonchev–Trinajstić information content (AvgIpc) is 3.38. The lowest BCUT2D eigenvalue weighted by Crippen LogP contribution is -2.47. The largest absolute Gasteiger partial charge is 0.468 e. The van der Waals surface area contributed by atoms with Gasteiger partial charge in [-0.1, -0.05) is 66.7 Å². The van der Waals surface area contributed by atoms with Crippen molar-refractivity contribution in [3.05, 3.63) is 108 Å². The van der Waals surface area contributed by atoms with E-state index in [-0.39, 0.29) is 11.3 Å². The highest BCUT2D eigenvalue weighted by Gasteiger charge is 2.67. The maximum Gasteiger partial charge on any atom is 0.337 e. The number of sulfonamides is 1. The summed E-state index contributed by atoms with van der Waals surface area (Å²) in [5, 5.41) is 0. The first-order valence-electron chi connectivity index (χ1n) is 12.7. The van der Waals surface area contributed by atoms with Gasteiger partial charge in [-0.05, 0) is 54.3 Å². The van der Waals surface area contributed by atoms with Gasteiger partial charge in [0.2, 0.25) is 10.0 Å². The number of carbonyl (C=O) groups excluding carboxylic acids is 3. The maximum absolute atomic E-state index is 14.5. The minimum Gasteiger partial charge on any atom is -0.468 e. The Balaban J connectivity index is 2.00. The normalized spacial score (nSPS) is 18.3. The van der Waals surface area contributed by atoms with Gasteiger partial charge in [0.05, 0.1) is 43.9 Å². The first-order valence-corrected chi connectivity index (χ1v) is 14.2. The van der Waals surface area contributed by atoms with Gasteiger partial charge in [0.1, 0.15) is 0 Å². The van der Waals surface area contributed by atoms with Crippen molar-refractivity contribution < 1.29 is 37.0 Å². The number of hydrogen-bond acceptors (Lipinski definition) is 8. The van der Waals surface area contributed by atoms with E-state index in [0.29, 0.717) is 22.3 Å². The fraction of sp³-hybridized carbons (Fsp3) is 0.258. The Morgan fingerprint density at radius 1 is 0.805 bits per heavy atom. The zero-order valence-electron chi connectivity index (χ0n) is 23.2. The third-order valence-electron chi connectivity index (χ3n) is 7.43. The molecule has 3 aromatic rings. The van der Waals surface area contributed by atoms with Gasteiger partial charge in [-0.2, -0.15) is 4.31 Å². The first kappa shape index (κ1) is 29.7. The molecule has 0 amide bonds. The highest BCUT2D eigenvalue weighted by atomic mass is 32.2. The summed E-state index contributed by atoms with van der Waals surface area (Å²) >= 11 is 0. The maximum atomic E-state index is 14.5. The summed E-state index contributed by atoms with van der Waals surface area (Å²) in [6, 6.07) is 18.6. The molecule has 214 valence electrons. The van der Waals surface area contributed by atoms with Crippen LogP contribution in [0.15, 0.2) is 90.3 Å². The Hall–Kier alpha value is -4.28. The van der Waals surface area contributed by atoms with Gasteiger partial charge >= 0.3 is 17.9 Å². The van der Waals surface area contributed by atoms with E-state index >= 15 is 0 Å². The number of ether oxygens (including phenoxy) is 3. The van der Waals surface area contributed by atoms with Crippen molar-refractivity contribution in [2.45, 2.75) is 30.3 Å². The lowest BCUT2D eigenvalue weighted by atomic mass is 9.75.